The number of allylic oxidation sites excluding steroid dienone is 1. The van der Waals surface area contributed by atoms with Gasteiger partial charge in [0.05, 0.1) is 0 Å². The monoisotopic (exact) mass is 336 g/mol. The molecule has 0 bridgehead atoms. The number of hydrogen-bond acceptors (Lipinski definition) is 0. The normalized spacial score (nSPS) is 11.4. The van der Waals surface area contributed by atoms with Gasteiger partial charge in [-0.15, -0.1) is 0 Å². The maximum absolute atomic E-state index is 2.30. The van der Waals surface area contributed by atoms with Crippen molar-refractivity contribution >= 4 is 22.6 Å². The Morgan fingerprint density at radius 2 is 1.12 bits per heavy atom. The standard InChI is InChI=1S/C15H29I/c1-2-3-4-5-6-7-8-9-10-11-12-13-14-15-16/h14-15H,2-13H2,1H3/b15-14+. The predicted octanol–water partition coefficient (Wildman–Crippen LogP) is 6.64. The van der Waals surface area contributed by atoms with Crippen molar-refractivity contribution in [2.45, 2.75) is 84.0 Å². The van der Waals surface area contributed by atoms with E-state index in [0.717, 1.165) is 0 Å². The molecule has 0 unspecified atom stereocenters. The molecule has 0 spiro atoms. The third kappa shape index (κ3) is 14.5. The largest absolute Gasteiger partial charge is 0.0785 e. The van der Waals surface area contributed by atoms with Gasteiger partial charge >= 0.3 is 0 Å². The zero-order chi connectivity index (χ0) is 11.9. The molecule has 0 amide bonds. The summed E-state index contributed by atoms with van der Waals surface area (Å²) >= 11 is 2.30. The van der Waals surface area contributed by atoms with Gasteiger partial charge in [-0.3, -0.25) is 0 Å². The second-order valence-electron chi connectivity index (χ2n) is 4.69. The summed E-state index contributed by atoms with van der Waals surface area (Å²) < 4.78 is 2.13. The Labute approximate surface area is 116 Å². The number of hydrogen-bond donors (Lipinski definition) is 0. The number of rotatable bonds is 12. The van der Waals surface area contributed by atoms with E-state index in [0.29, 0.717) is 0 Å². The molecule has 0 rings (SSSR count). The van der Waals surface area contributed by atoms with Gasteiger partial charge in [-0.2, -0.15) is 0 Å². The average molecular weight is 336 g/mol. The van der Waals surface area contributed by atoms with E-state index < -0.39 is 0 Å². The smallest absolute Gasteiger partial charge is 0.0274 e. The Morgan fingerprint density at radius 3 is 1.56 bits per heavy atom. The first-order valence-electron chi connectivity index (χ1n) is 7.17. The molecule has 0 nitrogen and oxygen atoms in total. The first-order chi connectivity index (χ1) is 7.91. The summed E-state index contributed by atoms with van der Waals surface area (Å²) in [4.78, 5) is 0. The fraction of sp³-hybridized carbons (Fsp3) is 0.867. The van der Waals surface area contributed by atoms with Gasteiger partial charge in [0.15, 0.2) is 0 Å². The van der Waals surface area contributed by atoms with Crippen LogP contribution in [0.15, 0.2) is 10.2 Å². The van der Waals surface area contributed by atoms with Crippen LogP contribution in [0.2, 0.25) is 0 Å². The van der Waals surface area contributed by atoms with Gasteiger partial charge < -0.3 is 0 Å². The van der Waals surface area contributed by atoms with Crippen molar-refractivity contribution in [3.8, 4) is 0 Å². The van der Waals surface area contributed by atoms with Gasteiger partial charge in [0.25, 0.3) is 0 Å². The molecule has 1 heteroatoms. The first-order valence-corrected chi connectivity index (χ1v) is 8.41. The molecular formula is C15H29I. The van der Waals surface area contributed by atoms with E-state index >= 15 is 0 Å². The molecule has 0 aromatic carbocycles. The Morgan fingerprint density at radius 1 is 0.688 bits per heavy atom. The molecule has 0 aliphatic rings. The lowest BCUT2D eigenvalue weighted by atomic mass is 10.1. The molecular weight excluding hydrogens is 307 g/mol. The topological polar surface area (TPSA) is 0 Å². The van der Waals surface area contributed by atoms with Gasteiger partial charge in [-0.1, -0.05) is 99.8 Å². The molecule has 0 saturated carbocycles. The van der Waals surface area contributed by atoms with Crippen molar-refractivity contribution < 1.29 is 0 Å². The molecule has 0 aromatic heterocycles. The Hall–Kier alpha value is 0.470. The van der Waals surface area contributed by atoms with Crippen molar-refractivity contribution in [2.75, 3.05) is 0 Å². The maximum atomic E-state index is 2.30. The van der Waals surface area contributed by atoms with Crippen LogP contribution in [-0.4, -0.2) is 0 Å². The molecule has 0 fully saturated rings. The van der Waals surface area contributed by atoms with Crippen molar-refractivity contribution in [3.63, 3.8) is 0 Å². The van der Waals surface area contributed by atoms with Gasteiger partial charge in [-0.25, -0.2) is 0 Å². The molecule has 0 N–H and O–H groups in total. The fourth-order valence-corrected chi connectivity index (χ4v) is 2.35. The third-order valence-electron chi connectivity index (χ3n) is 3.06. The van der Waals surface area contributed by atoms with Crippen LogP contribution in [0.5, 0.6) is 0 Å². The summed E-state index contributed by atoms with van der Waals surface area (Å²) in [6.45, 7) is 2.28. The second-order valence-corrected chi connectivity index (χ2v) is 5.41. The van der Waals surface area contributed by atoms with Crippen LogP contribution in [0.4, 0.5) is 0 Å². The quantitative estimate of drug-likeness (QED) is 0.277. The van der Waals surface area contributed by atoms with Crippen molar-refractivity contribution in [1.82, 2.24) is 0 Å². The van der Waals surface area contributed by atoms with Crippen LogP contribution in [0.25, 0.3) is 0 Å². The van der Waals surface area contributed by atoms with Crippen LogP contribution in [0.1, 0.15) is 84.0 Å². The minimum atomic E-state index is 1.28. The Kier molecular flexibility index (Phi) is 15.9. The number of unbranched alkanes of at least 4 members (excludes halogenated alkanes) is 11. The summed E-state index contributed by atoms with van der Waals surface area (Å²) in [5, 5.41) is 0. The summed E-state index contributed by atoms with van der Waals surface area (Å²) in [5.74, 6) is 0. The van der Waals surface area contributed by atoms with Crippen LogP contribution in [0, 0.1) is 0 Å². The van der Waals surface area contributed by atoms with Gasteiger partial charge in [0.1, 0.15) is 0 Å². The van der Waals surface area contributed by atoms with E-state index in [2.05, 4.69) is 39.7 Å². The lowest BCUT2D eigenvalue weighted by Gasteiger charge is -2.01. The zero-order valence-electron chi connectivity index (χ0n) is 11.0. The van der Waals surface area contributed by atoms with Gasteiger partial charge in [0, 0.05) is 0 Å². The Balaban J connectivity index is 2.88. The molecule has 0 atom stereocenters. The predicted molar refractivity (Wildman–Crippen MR) is 84.2 cm³/mol. The fourth-order valence-electron chi connectivity index (χ4n) is 1.99. The summed E-state index contributed by atoms with van der Waals surface area (Å²) in [7, 11) is 0. The van der Waals surface area contributed by atoms with E-state index in [1.807, 2.05) is 0 Å². The van der Waals surface area contributed by atoms with Crippen molar-refractivity contribution in [2.24, 2.45) is 0 Å². The van der Waals surface area contributed by atoms with Crippen LogP contribution in [-0.2, 0) is 0 Å². The lowest BCUT2D eigenvalue weighted by molar-refractivity contribution is 0.550. The molecule has 0 heterocycles. The SMILES string of the molecule is CCCCCCCCCCCCC/C=C/I. The lowest BCUT2D eigenvalue weighted by Crippen LogP contribution is -1.81. The highest BCUT2D eigenvalue weighted by Crippen LogP contribution is 2.12. The molecule has 0 radical (unpaired) electrons. The summed E-state index contributed by atoms with van der Waals surface area (Å²) in [6, 6.07) is 0. The summed E-state index contributed by atoms with van der Waals surface area (Å²) in [6.07, 6.45) is 19.4. The second kappa shape index (κ2) is 15.5. The van der Waals surface area contributed by atoms with Crippen LogP contribution >= 0.6 is 22.6 Å². The van der Waals surface area contributed by atoms with E-state index in [1.54, 1.807) is 0 Å². The molecule has 0 aliphatic carbocycles. The number of halogens is 1. The van der Waals surface area contributed by atoms with E-state index in [1.165, 1.54) is 77.0 Å². The molecule has 0 aromatic rings. The molecule has 0 aliphatic heterocycles. The van der Waals surface area contributed by atoms with Crippen LogP contribution in [0.3, 0.4) is 0 Å². The van der Waals surface area contributed by atoms with Gasteiger partial charge in [-0.05, 0) is 16.9 Å². The van der Waals surface area contributed by atoms with E-state index in [-0.39, 0.29) is 0 Å². The maximum Gasteiger partial charge on any atom is -0.0274 e. The van der Waals surface area contributed by atoms with Gasteiger partial charge in [0.2, 0.25) is 0 Å². The van der Waals surface area contributed by atoms with Crippen molar-refractivity contribution in [1.29, 1.82) is 0 Å². The molecule has 0 saturated heterocycles. The minimum absolute atomic E-state index is 1.28. The average Bonchev–Trinajstić information content (AvgIpc) is 2.31. The van der Waals surface area contributed by atoms with Crippen molar-refractivity contribution in [3.05, 3.63) is 10.2 Å². The molecule has 96 valence electrons. The highest BCUT2D eigenvalue weighted by molar-refractivity contribution is 14.1. The summed E-state index contributed by atoms with van der Waals surface area (Å²) in [5.41, 5.74) is 0. The highest BCUT2D eigenvalue weighted by Gasteiger charge is 1.92. The molecule has 16 heavy (non-hydrogen) atoms. The third-order valence-corrected chi connectivity index (χ3v) is 3.57. The van der Waals surface area contributed by atoms with E-state index in [9.17, 15) is 0 Å². The van der Waals surface area contributed by atoms with E-state index in [4.69, 9.17) is 0 Å². The first kappa shape index (κ1) is 16.5. The minimum Gasteiger partial charge on any atom is -0.0785 e. The highest BCUT2D eigenvalue weighted by atomic mass is 127. The Bertz CT molecular complexity index is 140. The zero-order valence-corrected chi connectivity index (χ0v) is 13.2. The van der Waals surface area contributed by atoms with Crippen LogP contribution < -0.4 is 0 Å².